The number of nitrogens with one attached hydrogen (secondary N) is 1. The minimum Gasteiger partial charge on any atom is -0.465 e. The third-order valence-electron chi connectivity index (χ3n) is 3.52. The molecule has 0 saturated carbocycles. The Hall–Kier alpha value is -1.10. The third kappa shape index (κ3) is 4.78. The second-order valence-corrected chi connectivity index (χ2v) is 5.18. The molecule has 0 aliphatic carbocycles. The highest BCUT2D eigenvalue weighted by Gasteiger charge is 2.15. The molecule has 0 spiro atoms. The number of ether oxygens (including phenoxy) is 1. The van der Waals surface area contributed by atoms with E-state index in [-0.39, 0.29) is 18.4 Å². The second kappa shape index (κ2) is 8.25. The summed E-state index contributed by atoms with van der Waals surface area (Å²) in [4.78, 5) is 13.7. The number of esters is 1. The quantitative estimate of drug-likeness (QED) is 0.845. The molecular formula is C15H23ClN2O2. The monoisotopic (exact) mass is 298 g/mol. The molecule has 1 N–H and O–H groups in total. The Labute approximate surface area is 126 Å². The van der Waals surface area contributed by atoms with E-state index < -0.39 is 0 Å². The predicted molar refractivity (Wildman–Crippen MR) is 82.4 cm³/mol. The van der Waals surface area contributed by atoms with Crippen LogP contribution in [-0.4, -0.2) is 44.2 Å². The lowest BCUT2D eigenvalue weighted by atomic mass is 10.1. The minimum absolute atomic E-state index is 0. The summed E-state index contributed by atoms with van der Waals surface area (Å²) in [7, 11) is 3.53. The summed E-state index contributed by atoms with van der Waals surface area (Å²) in [5.41, 5.74) is 1.82. The number of carbonyl (C=O) groups excluding carboxylic acids is 1. The van der Waals surface area contributed by atoms with Gasteiger partial charge in [0, 0.05) is 19.1 Å². The Morgan fingerprint density at radius 2 is 2.10 bits per heavy atom. The Balaban J connectivity index is 0.00000200. The van der Waals surface area contributed by atoms with Crippen LogP contribution >= 0.6 is 12.4 Å². The van der Waals surface area contributed by atoms with Crippen molar-refractivity contribution in [3.05, 3.63) is 35.4 Å². The van der Waals surface area contributed by atoms with E-state index in [4.69, 9.17) is 0 Å². The fourth-order valence-corrected chi connectivity index (χ4v) is 2.53. The van der Waals surface area contributed by atoms with Gasteiger partial charge in [0.05, 0.1) is 12.7 Å². The molecule has 112 valence electrons. The molecule has 0 aromatic heterocycles. The van der Waals surface area contributed by atoms with Gasteiger partial charge in [-0.05, 0) is 44.1 Å². The first-order valence-electron chi connectivity index (χ1n) is 6.78. The summed E-state index contributed by atoms with van der Waals surface area (Å²) in [6.45, 7) is 3.12. The van der Waals surface area contributed by atoms with E-state index in [9.17, 15) is 4.79 Å². The van der Waals surface area contributed by atoms with Gasteiger partial charge in [-0.3, -0.25) is 0 Å². The van der Waals surface area contributed by atoms with Gasteiger partial charge in [0.15, 0.2) is 0 Å². The molecule has 0 amide bonds. The maximum Gasteiger partial charge on any atom is 0.337 e. The molecule has 1 aliphatic rings. The van der Waals surface area contributed by atoms with E-state index in [2.05, 4.69) is 22.0 Å². The molecule has 0 bridgehead atoms. The smallest absolute Gasteiger partial charge is 0.337 e. The Morgan fingerprint density at radius 1 is 1.40 bits per heavy atom. The Bertz CT molecular complexity index is 416. The molecule has 5 heteroatoms. The van der Waals surface area contributed by atoms with Crippen LogP contribution in [0.3, 0.4) is 0 Å². The number of methoxy groups -OCH3 is 1. The van der Waals surface area contributed by atoms with Crippen molar-refractivity contribution >= 4 is 18.4 Å². The van der Waals surface area contributed by atoms with E-state index in [0.717, 1.165) is 19.6 Å². The van der Waals surface area contributed by atoms with Crippen LogP contribution in [0, 0.1) is 0 Å². The Morgan fingerprint density at radius 3 is 2.65 bits per heavy atom. The van der Waals surface area contributed by atoms with Crippen molar-refractivity contribution in [3.8, 4) is 0 Å². The van der Waals surface area contributed by atoms with E-state index in [0.29, 0.717) is 11.6 Å². The molecule has 20 heavy (non-hydrogen) atoms. The lowest BCUT2D eigenvalue weighted by molar-refractivity contribution is 0.0600. The molecule has 1 atom stereocenters. The van der Waals surface area contributed by atoms with Gasteiger partial charge >= 0.3 is 5.97 Å². The number of nitrogens with zero attached hydrogens (tertiary/aromatic N) is 1. The standard InChI is InChI=1S/C15H22N2O2.ClH/c1-17(11-14-4-3-9-16-14)10-12-5-7-13(8-6-12)15(18)19-2;/h5-8,14,16H,3-4,9-11H2,1-2H3;1H. The highest BCUT2D eigenvalue weighted by molar-refractivity contribution is 5.89. The summed E-state index contributed by atoms with van der Waals surface area (Å²) in [5, 5.41) is 3.50. The molecule has 1 fully saturated rings. The zero-order chi connectivity index (χ0) is 13.7. The molecule has 1 unspecified atom stereocenters. The third-order valence-corrected chi connectivity index (χ3v) is 3.52. The fraction of sp³-hybridized carbons (Fsp3) is 0.533. The van der Waals surface area contributed by atoms with E-state index in [1.54, 1.807) is 0 Å². The molecule has 1 saturated heterocycles. The topological polar surface area (TPSA) is 41.6 Å². The summed E-state index contributed by atoms with van der Waals surface area (Å²) < 4.78 is 4.69. The van der Waals surface area contributed by atoms with Crippen LogP contribution in [0.1, 0.15) is 28.8 Å². The summed E-state index contributed by atoms with van der Waals surface area (Å²) in [5.74, 6) is -0.282. The zero-order valence-corrected chi connectivity index (χ0v) is 12.9. The molecular weight excluding hydrogens is 276 g/mol. The van der Waals surface area contributed by atoms with Crippen LogP contribution in [-0.2, 0) is 11.3 Å². The number of likely N-dealkylation sites (N-methyl/N-ethyl adjacent to an activating group) is 1. The number of benzene rings is 1. The van der Waals surface area contributed by atoms with Gasteiger partial charge in [0.2, 0.25) is 0 Å². The average molecular weight is 299 g/mol. The highest BCUT2D eigenvalue weighted by Crippen LogP contribution is 2.10. The van der Waals surface area contributed by atoms with Gasteiger partial charge in [-0.2, -0.15) is 0 Å². The van der Waals surface area contributed by atoms with Crippen molar-refractivity contribution in [2.24, 2.45) is 0 Å². The van der Waals surface area contributed by atoms with E-state index in [1.807, 2.05) is 24.3 Å². The van der Waals surface area contributed by atoms with Crippen LogP contribution in [0.2, 0.25) is 0 Å². The van der Waals surface area contributed by atoms with Crippen molar-refractivity contribution in [1.29, 1.82) is 0 Å². The lowest BCUT2D eigenvalue weighted by Gasteiger charge is -2.21. The first-order chi connectivity index (χ1) is 9.19. The van der Waals surface area contributed by atoms with Crippen molar-refractivity contribution in [2.75, 3.05) is 27.2 Å². The first kappa shape index (κ1) is 17.0. The zero-order valence-electron chi connectivity index (χ0n) is 12.1. The minimum atomic E-state index is -0.282. The van der Waals surface area contributed by atoms with Gasteiger partial charge < -0.3 is 15.0 Å². The summed E-state index contributed by atoms with van der Waals surface area (Å²) in [6, 6.07) is 8.25. The lowest BCUT2D eigenvalue weighted by Crippen LogP contribution is -2.34. The summed E-state index contributed by atoms with van der Waals surface area (Å²) in [6.07, 6.45) is 2.55. The predicted octanol–water partition coefficient (Wildman–Crippen LogP) is 2.08. The van der Waals surface area contributed by atoms with Crippen molar-refractivity contribution in [3.63, 3.8) is 0 Å². The van der Waals surface area contributed by atoms with Crippen LogP contribution in [0.15, 0.2) is 24.3 Å². The maximum atomic E-state index is 11.3. The molecule has 0 radical (unpaired) electrons. The van der Waals surface area contributed by atoms with Crippen LogP contribution in [0.5, 0.6) is 0 Å². The summed E-state index contributed by atoms with van der Waals surface area (Å²) >= 11 is 0. The van der Waals surface area contributed by atoms with Gasteiger partial charge in [0.25, 0.3) is 0 Å². The number of carbonyl (C=O) groups is 1. The van der Waals surface area contributed by atoms with Gasteiger partial charge in [0.1, 0.15) is 0 Å². The average Bonchev–Trinajstić information content (AvgIpc) is 2.91. The van der Waals surface area contributed by atoms with Crippen LogP contribution < -0.4 is 5.32 Å². The maximum absolute atomic E-state index is 11.3. The van der Waals surface area contributed by atoms with Crippen molar-refractivity contribution < 1.29 is 9.53 Å². The highest BCUT2D eigenvalue weighted by atomic mass is 35.5. The number of hydrogen-bond acceptors (Lipinski definition) is 4. The number of hydrogen-bond donors (Lipinski definition) is 1. The van der Waals surface area contributed by atoms with Gasteiger partial charge in [-0.25, -0.2) is 4.79 Å². The van der Waals surface area contributed by atoms with Gasteiger partial charge in [-0.1, -0.05) is 12.1 Å². The first-order valence-corrected chi connectivity index (χ1v) is 6.78. The molecule has 1 aliphatic heterocycles. The van der Waals surface area contributed by atoms with Gasteiger partial charge in [-0.15, -0.1) is 12.4 Å². The molecule has 1 aromatic rings. The largest absolute Gasteiger partial charge is 0.465 e. The molecule has 1 aromatic carbocycles. The number of halogens is 1. The van der Waals surface area contributed by atoms with Crippen molar-refractivity contribution in [2.45, 2.75) is 25.4 Å². The SMILES string of the molecule is COC(=O)c1ccc(CN(C)CC2CCCN2)cc1.Cl. The van der Waals surface area contributed by atoms with Crippen LogP contribution in [0.25, 0.3) is 0 Å². The fourth-order valence-electron chi connectivity index (χ4n) is 2.53. The second-order valence-electron chi connectivity index (χ2n) is 5.18. The molecule has 4 nitrogen and oxygen atoms in total. The normalized spacial score (nSPS) is 17.9. The molecule has 2 rings (SSSR count). The molecule has 1 heterocycles. The number of rotatable bonds is 5. The Kier molecular flexibility index (Phi) is 6.99. The van der Waals surface area contributed by atoms with E-state index >= 15 is 0 Å². The van der Waals surface area contributed by atoms with E-state index in [1.165, 1.54) is 25.5 Å². The van der Waals surface area contributed by atoms with Crippen LogP contribution in [0.4, 0.5) is 0 Å². The van der Waals surface area contributed by atoms with Crippen molar-refractivity contribution in [1.82, 2.24) is 10.2 Å².